The van der Waals surface area contributed by atoms with Crippen LogP contribution in [0.3, 0.4) is 0 Å². The quantitative estimate of drug-likeness (QED) is 0.646. The predicted molar refractivity (Wildman–Crippen MR) is 106 cm³/mol. The highest BCUT2D eigenvalue weighted by molar-refractivity contribution is 7.15. The molecule has 3 heterocycles. The molecule has 0 aliphatic heterocycles. The average Bonchev–Trinajstić information content (AvgIpc) is 3.31. The molecule has 0 aromatic carbocycles. The van der Waals surface area contributed by atoms with Gasteiger partial charge in [-0.25, -0.2) is 9.31 Å². The third kappa shape index (κ3) is 4.07. The van der Waals surface area contributed by atoms with Gasteiger partial charge in [-0.3, -0.25) is 0 Å². The van der Waals surface area contributed by atoms with E-state index in [9.17, 15) is 4.79 Å². The highest BCUT2D eigenvalue weighted by Gasteiger charge is 2.15. The lowest BCUT2D eigenvalue weighted by Crippen LogP contribution is -2.42. The van der Waals surface area contributed by atoms with Crippen molar-refractivity contribution in [3.8, 4) is 10.7 Å². The average molecular weight is 390 g/mol. The lowest BCUT2D eigenvalue weighted by molar-refractivity contribution is 0.235. The molecule has 26 heavy (non-hydrogen) atoms. The van der Waals surface area contributed by atoms with Crippen LogP contribution in [0.5, 0.6) is 0 Å². The summed E-state index contributed by atoms with van der Waals surface area (Å²) in [6.45, 7) is 0.596. The van der Waals surface area contributed by atoms with Crippen molar-refractivity contribution in [1.29, 1.82) is 0 Å². The molecule has 1 aliphatic carbocycles. The topological polar surface area (TPSA) is 71.3 Å². The maximum atomic E-state index is 12.1. The number of hydrogen-bond donors (Lipinski definition) is 2. The zero-order chi connectivity index (χ0) is 17.8. The van der Waals surface area contributed by atoms with Gasteiger partial charge in [0.25, 0.3) is 0 Å². The fourth-order valence-electron chi connectivity index (χ4n) is 3.37. The molecule has 8 heteroatoms. The molecule has 6 nitrogen and oxygen atoms in total. The molecule has 1 aliphatic rings. The number of thiophene rings is 1. The van der Waals surface area contributed by atoms with Gasteiger partial charge in [0.2, 0.25) is 4.96 Å². The van der Waals surface area contributed by atoms with Crippen LogP contribution < -0.4 is 10.6 Å². The summed E-state index contributed by atoms with van der Waals surface area (Å²) in [5, 5.41) is 14.8. The molecule has 0 atom stereocenters. The molecule has 4 rings (SSSR count). The van der Waals surface area contributed by atoms with Crippen LogP contribution in [0.25, 0.3) is 15.7 Å². The Labute approximate surface area is 160 Å². The first-order chi connectivity index (χ1) is 12.8. The van der Waals surface area contributed by atoms with Crippen molar-refractivity contribution in [2.24, 2.45) is 0 Å². The van der Waals surface area contributed by atoms with Gasteiger partial charge in [-0.1, -0.05) is 31.7 Å². The first-order valence-electron chi connectivity index (χ1n) is 9.21. The Morgan fingerprint density at radius 2 is 2.08 bits per heavy atom. The molecule has 0 radical (unpaired) electrons. The Morgan fingerprint density at radius 3 is 2.85 bits per heavy atom. The number of fused-ring (bicyclic) bond motifs is 1. The number of carbonyl (C=O) groups is 1. The number of amides is 2. The lowest BCUT2D eigenvalue weighted by Gasteiger charge is -2.16. The van der Waals surface area contributed by atoms with E-state index in [1.54, 1.807) is 22.7 Å². The van der Waals surface area contributed by atoms with Gasteiger partial charge in [0.1, 0.15) is 0 Å². The van der Waals surface area contributed by atoms with Crippen LogP contribution in [0.1, 0.15) is 44.2 Å². The van der Waals surface area contributed by atoms with E-state index in [0.717, 1.165) is 40.6 Å². The van der Waals surface area contributed by atoms with Gasteiger partial charge in [0, 0.05) is 24.4 Å². The van der Waals surface area contributed by atoms with Gasteiger partial charge in [0.15, 0.2) is 5.82 Å². The van der Waals surface area contributed by atoms with E-state index in [4.69, 9.17) is 0 Å². The van der Waals surface area contributed by atoms with Gasteiger partial charge < -0.3 is 10.6 Å². The van der Waals surface area contributed by atoms with Gasteiger partial charge in [-0.15, -0.1) is 27.8 Å². The number of nitrogens with zero attached hydrogens (tertiary/aromatic N) is 3. The molecule has 0 unspecified atom stereocenters. The van der Waals surface area contributed by atoms with E-state index in [1.807, 2.05) is 22.0 Å². The van der Waals surface area contributed by atoms with E-state index >= 15 is 0 Å². The van der Waals surface area contributed by atoms with Crippen molar-refractivity contribution in [3.63, 3.8) is 0 Å². The molecule has 1 saturated carbocycles. The maximum Gasteiger partial charge on any atom is 0.315 e. The smallest absolute Gasteiger partial charge is 0.315 e. The normalized spacial score (nSPS) is 15.8. The Morgan fingerprint density at radius 1 is 1.23 bits per heavy atom. The molecular formula is C18H23N5OS2. The summed E-state index contributed by atoms with van der Waals surface area (Å²) in [4.78, 5) is 18.7. The van der Waals surface area contributed by atoms with Crippen molar-refractivity contribution < 1.29 is 4.79 Å². The molecule has 0 saturated heterocycles. The zero-order valence-electron chi connectivity index (χ0n) is 14.6. The second-order valence-electron chi connectivity index (χ2n) is 6.67. The van der Waals surface area contributed by atoms with Crippen molar-refractivity contribution in [2.75, 3.05) is 6.54 Å². The zero-order valence-corrected chi connectivity index (χ0v) is 16.2. The number of carbonyl (C=O) groups excluding carboxylic acids is 1. The largest absolute Gasteiger partial charge is 0.338 e. The van der Waals surface area contributed by atoms with Crippen LogP contribution in [0, 0.1) is 0 Å². The first kappa shape index (κ1) is 17.5. The minimum absolute atomic E-state index is 0.0544. The lowest BCUT2D eigenvalue weighted by atomic mass is 10.1. The highest BCUT2D eigenvalue weighted by Crippen LogP contribution is 2.24. The molecule has 138 valence electrons. The van der Waals surface area contributed by atoms with Crippen LogP contribution in [-0.4, -0.2) is 33.2 Å². The fraction of sp³-hybridized carbons (Fsp3) is 0.500. The summed E-state index contributed by atoms with van der Waals surface area (Å²) < 4.78 is 1.89. The molecule has 2 N–H and O–H groups in total. The molecule has 0 spiro atoms. The number of urea groups is 1. The minimum atomic E-state index is -0.0544. The summed E-state index contributed by atoms with van der Waals surface area (Å²) in [6, 6.07) is 4.31. The van der Waals surface area contributed by atoms with Crippen LogP contribution in [0.15, 0.2) is 22.9 Å². The maximum absolute atomic E-state index is 12.1. The first-order valence-corrected chi connectivity index (χ1v) is 11.0. The summed E-state index contributed by atoms with van der Waals surface area (Å²) in [7, 11) is 0. The molecule has 2 amide bonds. The molecule has 0 bridgehead atoms. The molecule has 3 aromatic heterocycles. The van der Waals surface area contributed by atoms with Crippen LogP contribution >= 0.6 is 22.7 Å². The second kappa shape index (κ2) is 8.18. The summed E-state index contributed by atoms with van der Waals surface area (Å²) in [6.07, 6.45) is 7.96. The number of aromatic nitrogens is 3. The third-order valence-corrected chi connectivity index (χ3v) is 6.48. The Kier molecular flexibility index (Phi) is 5.50. The van der Waals surface area contributed by atoms with E-state index in [-0.39, 0.29) is 6.03 Å². The van der Waals surface area contributed by atoms with Gasteiger partial charge >= 0.3 is 6.03 Å². The second-order valence-corrected chi connectivity index (χ2v) is 8.46. The van der Waals surface area contributed by atoms with E-state index in [2.05, 4.69) is 26.1 Å². The van der Waals surface area contributed by atoms with Gasteiger partial charge in [-0.2, -0.15) is 4.98 Å². The number of thiazole rings is 1. The van der Waals surface area contributed by atoms with Gasteiger partial charge in [-0.05, 0) is 24.3 Å². The fourth-order valence-corrected chi connectivity index (χ4v) is 4.88. The van der Waals surface area contributed by atoms with Crippen molar-refractivity contribution in [2.45, 2.75) is 51.0 Å². The monoisotopic (exact) mass is 389 g/mol. The predicted octanol–water partition coefficient (Wildman–Crippen LogP) is 4.08. The van der Waals surface area contributed by atoms with Gasteiger partial charge in [0.05, 0.1) is 10.6 Å². The SMILES string of the molecule is O=C(NCCc1csc2nc(-c3cccs3)nn12)NC1CCCCCC1. The standard InChI is InChI=1S/C18H23N5OS2/c24-17(20-13-6-3-1-2-4-7-13)19-10-9-14-12-26-18-21-16(22-23(14)18)15-8-5-11-25-15/h5,8,11-13H,1-4,6-7,9-10H2,(H2,19,20,24). The van der Waals surface area contributed by atoms with Crippen molar-refractivity contribution in [1.82, 2.24) is 25.2 Å². The van der Waals surface area contributed by atoms with E-state index in [1.165, 1.54) is 25.7 Å². The number of hydrogen-bond acceptors (Lipinski definition) is 5. The Balaban J connectivity index is 1.31. The highest BCUT2D eigenvalue weighted by atomic mass is 32.1. The third-order valence-electron chi connectivity index (χ3n) is 4.75. The van der Waals surface area contributed by atoms with E-state index in [0.29, 0.717) is 12.6 Å². The molecular weight excluding hydrogens is 366 g/mol. The Bertz CT molecular complexity index is 846. The van der Waals surface area contributed by atoms with Crippen molar-refractivity contribution >= 4 is 33.7 Å². The van der Waals surface area contributed by atoms with E-state index < -0.39 is 0 Å². The summed E-state index contributed by atoms with van der Waals surface area (Å²) >= 11 is 3.23. The molecule has 3 aromatic rings. The molecule has 1 fully saturated rings. The number of rotatable bonds is 5. The Hall–Kier alpha value is -1.93. The number of nitrogens with one attached hydrogen (secondary N) is 2. The van der Waals surface area contributed by atoms with Crippen LogP contribution in [0.2, 0.25) is 0 Å². The minimum Gasteiger partial charge on any atom is -0.338 e. The van der Waals surface area contributed by atoms with Crippen molar-refractivity contribution in [3.05, 3.63) is 28.6 Å². The van der Waals surface area contributed by atoms with Crippen LogP contribution in [0.4, 0.5) is 4.79 Å². The van der Waals surface area contributed by atoms with Crippen LogP contribution in [-0.2, 0) is 6.42 Å². The summed E-state index contributed by atoms with van der Waals surface area (Å²) in [5.74, 6) is 0.771. The summed E-state index contributed by atoms with van der Waals surface area (Å²) in [5.41, 5.74) is 1.08.